The second-order valence-corrected chi connectivity index (χ2v) is 14.3. The smallest absolute Gasteiger partial charge is 0.400 e. The molecule has 7 nitrogen and oxygen atoms in total. The van der Waals surface area contributed by atoms with Gasteiger partial charge in [0.25, 0.3) is 0 Å². The molecule has 3 atom stereocenters. The Morgan fingerprint density at radius 3 is 1.83 bits per heavy atom. The minimum absolute atomic E-state index is 0.112. The fourth-order valence-electron chi connectivity index (χ4n) is 9.42. The molecule has 3 unspecified atom stereocenters. The third-order valence-electron chi connectivity index (χ3n) is 10.7. The molecule has 0 aromatic carbocycles. The first kappa shape index (κ1) is 26.7. The molecular weight excluding hydrogens is 501 g/mol. The number of rotatable bonds is 8. The van der Waals surface area contributed by atoms with Gasteiger partial charge in [-0.3, -0.25) is 9.35 Å². The molecule has 0 spiro atoms. The predicted octanol–water partition coefficient (Wildman–Crippen LogP) is 4.31. The highest BCUT2D eigenvalue weighted by molar-refractivity contribution is 7.86. The van der Waals surface area contributed by atoms with E-state index in [1.165, 1.54) is 0 Å². The van der Waals surface area contributed by atoms with Crippen LogP contribution in [-0.4, -0.2) is 58.4 Å². The summed E-state index contributed by atoms with van der Waals surface area (Å²) in [6.45, 7) is -0.758. The van der Waals surface area contributed by atoms with E-state index in [9.17, 15) is 36.6 Å². The van der Waals surface area contributed by atoms with Crippen molar-refractivity contribution in [1.82, 2.24) is 0 Å². The second-order valence-electron chi connectivity index (χ2n) is 12.8. The summed E-state index contributed by atoms with van der Waals surface area (Å²) < 4.78 is 76.7. The zero-order valence-corrected chi connectivity index (χ0v) is 21.3. The average molecular weight is 539 g/mol. The van der Waals surface area contributed by atoms with Crippen LogP contribution in [0.25, 0.3) is 0 Å². The van der Waals surface area contributed by atoms with Gasteiger partial charge in [-0.15, -0.1) is 0 Å². The van der Waals surface area contributed by atoms with Gasteiger partial charge in [0.15, 0.2) is 6.17 Å². The zero-order valence-electron chi connectivity index (χ0n) is 20.5. The molecule has 6 aliphatic carbocycles. The number of esters is 1. The Bertz CT molecular complexity index is 965. The summed E-state index contributed by atoms with van der Waals surface area (Å²) in [7, 11) is -5.94. The van der Waals surface area contributed by atoms with Crippen LogP contribution in [0.1, 0.15) is 96.3 Å². The number of hydrogen-bond donors (Lipinski definition) is 3. The second kappa shape index (κ2) is 8.29. The molecule has 0 saturated heterocycles. The Morgan fingerprint density at radius 1 is 0.917 bits per heavy atom. The summed E-state index contributed by atoms with van der Waals surface area (Å²) in [5, 5.41) is 18.7. The standard InChI is InChI=1S/C25H37F3O7S/c26-18(25(27,28)36(32,33)34)5-10-35-19(29)20-11-17-12-21(14-20,23(30)6-1-2-7-23)16-22(13-17,15-20)24(31)8-3-4-9-24/h17-18,30-31H,1-16H2,(H,32,33,34). The molecule has 6 saturated carbocycles. The van der Waals surface area contributed by atoms with Gasteiger partial charge < -0.3 is 14.9 Å². The van der Waals surface area contributed by atoms with E-state index in [1.807, 2.05) is 0 Å². The molecule has 0 aromatic rings. The van der Waals surface area contributed by atoms with E-state index in [0.29, 0.717) is 51.4 Å². The molecule has 4 bridgehead atoms. The van der Waals surface area contributed by atoms with Crippen molar-refractivity contribution in [3.05, 3.63) is 0 Å². The number of ether oxygens (including phenoxy) is 1. The first-order chi connectivity index (χ1) is 16.6. The van der Waals surface area contributed by atoms with Gasteiger partial charge in [-0.05, 0) is 70.1 Å². The number of alkyl halides is 3. The Hall–Kier alpha value is -0.910. The highest BCUT2D eigenvalue weighted by Crippen LogP contribution is 2.77. The van der Waals surface area contributed by atoms with Crippen LogP contribution in [0.4, 0.5) is 13.2 Å². The van der Waals surface area contributed by atoms with Crippen LogP contribution >= 0.6 is 0 Å². The lowest BCUT2D eigenvalue weighted by Gasteiger charge is -2.71. The predicted molar refractivity (Wildman–Crippen MR) is 122 cm³/mol. The minimum atomic E-state index is -5.94. The van der Waals surface area contributed by atoms with E-state index in [2.05, 4.69) is 0 Å². The zero-order chi connectivity index (χ0) is 26.3. The van der Waals surface area contributed by atoms with E-state index in [0.717, 1.165) is 38.5 Å². The van der Waals surface area contributed by atoms with Crippen LogP contribution in [0.15, 0.2) is 0 Å². The van der Waals surface area contributed by atoms with Crippen molar-refractivity contribution < 1.29 is 45.9 Å². The Balaban J connectivity index is 1.41. The van der Waals surface area contributed by atoms with E-state index in [4.69, 9.17) is 9.29 Å². The minimum Gasteiger partial charge on any atom is -0.465 e. The summed E-state index contributed by atoms with van der Waals surface area (Å²) in [6.07, 6.45) is 5.40. The number of hydrogen-bond acceptors (Lipinski definition) is 6. The van der Waals surface area contributed by atoms with Crippen molar-refractivity contribution in [3.8, 4) is 0 Å². The van der Waals surface area contributed by atoms with Gasteiger partial charge in [0.1, 0.15) is 0 Å². The lowest BCUT2D eigenvalue weighted by atomic mass is 9.34. The summed E-state index contributed by atoms with van der Waals surface area (Å²) in [5.74, 6) is -0.535. The van der Waals surface area contributed by atoms with Crippen LogP contribution in [-0.2, 0) is 19.6 Å². The van der Waals surface area contributed by atoms with Crippen LogP contribution in [0.2, 0.25) is 0 Å². The van der Waals surface area contributed by atoms with Gasteiger partial charge >= 0.3 is 21.3 Å². The topological polar surface area (TPSA) is 121 Å². The van der Waals surface area contributed by atoms with E-state index in [-0.39, 0.29) is 5.92 Å². The van der Waals surface area contributed by atoms with Crippen LogP contribution < -0.4 is 0 Å². The van der Waals surface area contributed by atoms with Gasteiger partial charge in [-0.1, -0.05) is 25.7 Å². The van der Waals surface area contributed by atoms with E-state index >= 15 is 0 Å². The molecule has 0 radical (unpaired) electrons. The quantitative estimate of drug-likeness (QED) is 0.311. The van der Waals surface area contributed by atoms with Crippen LogP contribution in [0.3, 0.4) is 0 Å². The number of carbonyl (C=O) groups excluding carboxylic acids is 1. The molecule has 0 amide bonds. The molecule has 0 aliphatic heterocycles. The van der Waals surface area contributed by atoms with Gasteiger partial charge in [-0.25, -0.2) is 4.39 Å². The first-order valence-corrected chi connectivity index (χ1v) is 14.7. The lowest BCUT2D eigenvalue weighted by molar-refractivity contribution is -0.273. The van der Waals surface area contributed by atoms with Gasteiger partial charge in [0.2, 0.25) is 0 Å². The third kappa shape index (κ3) is 3.77. The number of carbonyl (C=O) groups is 1. The molecule has 11 heteroatoms. The number of aliphatic hydroxyl groups is 2. The summed E-state index contributed by atoms with van der Waals surface area (Å²) in [4.78, 5) is 13.6. The van der Waals surface area contributed by atoms with Crippen molar-refractivity contribution in [2.75, 3.05) is 6.61 Å². The summed E-state index contributed by atoms with van der Waals surface area (Å²) in [5.41, 5.74) is -3.95. The van der Waals surface area contributed by atoms with Gasteiger partial charge in [0, 0.05) is 17.3 Å². The van der Waals surface area contributed by atoms with Crippen molar-refractivity contribution >= 4 is 16.1 Å². The normalized spacial score (nSPS) is 39.9. The molecule has 6 aliphatic rings. The maximum atomic E-state index is 14.0. The monoisotopic (exact) mass is 538 g/mol. The molecular formula is C25H37F3O7S. The fraction of sp³-hybridized carbons (Fsp3) is 0.960. The molecule has 36 heavy (non-hydrogen) atoms. The molecule has 0 heterocycles. The van der Waals surface area contributed by atoms with E-state index < -0.39 is 68.0 Å². The molecule has 0 aromatic heterocycles. The van der Waals surface area contributed by atoms with Gasteiger partial charge in [-0.2, -0.15) is 17.2 Å². The Kier molecular flexibility index (Phi) is 6.15. The maximum absolute atomic E-state index is 14.0. The van der Waals surface area contributed by atoms with Crippen molar-refractivity contribution in [2.45, 2.75) is 119 Å². The number of halogens is 3. The van der Waals surface area contributed by atoms with Crippen LogP contribution in [0.5, 0.6) is 0 Å². The lowest BCUT2D eigenvalue weighted by Crippen LogP contribution is -2.69. The molecule has 3 N–H and O–H groups in total. The van der Waals surface area contributed by atoms with Gasteiger partial charge in [0.05, 0.1) is 23.2 Å². The third-order valence-corrected chi connectivity index (χ3v) is 11.6. The van der Waals surface area contributed by atoms with Crippen LogP contribution in [0, 0.1) is 22.2 Å². The highest BCUT2D eigenvalue weighted by Gasteiger charge is 2.74. The van der Waals surface area contributed by atoms with Crippen molar-refractivity contribution in [2.24, 2.45) is 22.2 Å². The summed E-state index contributed by atoms with van der Waals surface area (Å²) in [6, 6.07) is 0. The molecule has 6 fully saturated rings. The van der Waals surface area contributed by atoms with Crippen molar-refractivity contribution in [3.63, 3.8) is 0 Å². The average Bonchev–Trinajstić information content (AvgIpc) is 3.42. The maximum Gasteiger partial charge on any atom is 0.400 e. The highest BCUT2D eigenvalue weighted by atomic mass is 32.2. The first-order valence-electron chi connectivity index (χ1n) is 13.2. The SMILES string of the molecule is O=C(OCCC(F)C(F)(F)S(=O)(=O)O)C12CC3CC(C4(O)CCCC4)(C1)CC(C1(O)CCCC1)(C3)C2. The van der Waals surface area contributed by atoms with E-state index in [1.54, 1.807) is 0 Å². The largest absolute Gasteiger partial charge is 0.465 e. The Morgan fingerprint density at radius 2 is 1.39 bits per heavy atom. The molecule has 6 rings (SSSR count). The summed E-state index contributed by atoms with van der Waals surface area (Å²) >= 11 is 0. The molecule has 206 valence electrons. The Labute approximate surface area is 209 Å². The fourth-order valence-corrected chi connectivity index (χ4v) is 9.86. The van der Waals surface area contributed by atoms with Crippen molar-refractivity contribution in [1.29, 1.82) is 0 Å².